The molecule has 1 aromatic rings. The molecule has 1 aliphatic heterocycles. The number of rotatable bonds is 6. The highest BCUT2D eigenvalue weighted by molar-refractivity contribution is 7.91. The van der Waals surface area contributed by atoms with E-state index >= 15 is 0 Å². The van der Waals surface area contributed by atoms with Crippen molar-refractivity contribution in [2.45, 2.75) is 36.6 Å². The lowest BCUT2D eigenvalue weighted by Crippen LogP contribution is -2.43. The molecule has 1 fully saturated rings. The lowest BCUT2D eigenvalue weighted by Gasteiger charge is -2.24. The van der Waals surface area contributed by atoms with Crippen LogP contribution in [0.1, 0.15) is 24.6 Å². The highest BCUT2D eigenvalue weighted by atomic mass is 32.2. The number of nitrogens with zero attached hydrogens (tertiary/aromatic N) is 1. The number of hydrogen-bond acceptors (Lipinski definition) is 5. The number of likely N-dealkylation sites (N-methyl/N-ethyl adjacent to an activating group) is 1. The summed E-state index contributed by atoms with van der Waals surface area (Å²) in [5.41, 5.74) is 0. The van der Waals surface area contributed by atoms with Gasteiger partial charge in [0.1, 0.15) is 4.21 Å². The number of amides is 2. The van der Waals surface area contributed by atoms with Gasteiger partial charge in [0.15, 0.2) is 0 Å². The largest absolute Gasteiger partial charge is 0.376 e. The molecule has 0 bridgehead atoms. The molecule has 1 aliphatic rings. The average Bonchev–Trinajstić information content (AvgIpc) is 3.12. The van der Waals surface area contributed by atoms with Gasteiger partial charge in [-0.3, -0.25) is 0 Å². The predicted molar refractivity (Wildman–Crippen MR) is 84.1 cm³/mol. The molecule has 0 aliphatic carbocycles. The quantitative estimate of drug-likeness (QED) is 0.804. The number of carbonyl (C=O) groups is 1. The maximum Gasteiger partial charge on any atom is 0.317 e. The van der Waals surface area contributed by atoms with E-state index in [2.05, 4.69) is 5.32 Å². The maximum absolute atomic E-state index is 12.2. The minimum absolute atomic E-state index is 0.100. The Morgan fingerprint density at radius 3 is 2.86 bits per heavy atom. The highest BCUT2D eigenvalue weighted by Gasteiger charge is 2.21. The van der Waals surface area contributed by atoms with Gasteiger partial charge in [-0.25, -0.2) is 18.4 Å². The Kier molecular flexibility index (Phi) is 5.79. The Morgan fingerprint density at radius 1 is 1.55 bits per heavy atom. The fourth-order valence-corrected chi connectivity index (χ4v) is 3.99. The number of primary sulfonamides is 1. The molecule has 2 heterocycles. The first-order chi connectivity index (χ1) is 10.4. The summed E-state index contributed by atoms with van der Waals surface area (Å²) in [7, 11) is -3.68. The zero-order valence-electron chi connectivity index (χ0n) is 12.4. The van der Waals surface area contributed by atoms with Crippen molar-refractivity contribution in [3.63, 3.8) is 0 Å². The Morgan fingerprint density at radius 2 is 2.32 bits per heavy atom. The molecule has 1 saturated heterocycles. The number of nitrogens with one attached hydrogen (secondary N) is 1. The summed E-state index contributed by atoms with van der Waals surface area (Å²) in [6, 6.07) is 2.93. The second-order valence-corrected chi connectivity index (χ2v) is 8.05. The third-order valence-electron chi connectivity index (χ3n) is 3.45. The fraction of sp³-hybridized carbons (Fsp3) is 0.615. The molecular formula is C13H21N3O4S2. The number of thiophene rings is 1. The second-order valence-electron chi connectivity index (χ2n) is 5.10. The molecule has 124 valence electrons. The van der Waals surface area contributed by atoms with Crippen molar-refractivity contribution in [1.82, 2.24) is 10.2 Å². The van der Waals surface area contributed by atoms with Crippen LogP contribution in [0.4, 0.5) is 4.79 Å². The predicted octanol–water partition coefficient (Wildman–Crippen LogP) is 1.11. The van der Waals surface area contributed by atoms with Gasteiger partial charge in [-0.05, 0) is 31.9 Å². The van der Waals surface area contributed by atoms with Crippen molar-refractivity contribution in [1.29, 1.82) is 0 Å². The first-order valence-electron chi connectivity index (χ1n) is 7.16. The van der Waals surface area contributed by atoms with E-state index in [-0.39, 0.29) is 22.9 Å². The molecule has 0 saturated carbocycles. The zero-order chi connectivity index (χ0) is 16.2. The number of carbonyl (C=O) groups excluding carboxylic acids is 1. The van der Waals surface area contributed by atoms with Gasteiger partial charge in [0.05, 0.1) is 12.6 Å². The van der Waals surface area contributed by atoms with Gasteiger partial charge in [0, 0.05) is 24.6 Å². The highest BCUT2D eigenvalue weighted by Crippen LogP contribution is 2.20. The number of hydrogen-bond donors (Lipinski definition) is 2. The van der Waals surface area contributed by atoms with E-state index in [0.717, 1.165) is 35.7 Å². The van der Waals surface area contributed by atoms with Gasteiger partial charge in [-0.1, -0.05) is 0 Å². The molecule has 0 unspecified atom stereocenters. The third-order valence-corrected chi connectivity index (χ3v) is 5.97. The third kappa shape index (κ3) is 4.67. The van der Waals surface area contributed by atoms with Gasteiger partial charge in [-0.2, -0.15) is 0 Å². The monoisotopic (exact) mass is 347 g/mol. The molecule has 2 amide bonds. The Labute approximate surface area is 134 Å². The maximum atomic E-state index is 12.2. The Bertz CT molecular complexity index is 609. The van der Waals surface area contributed by atoms with E-state index in [1.165, 1.54) is 6.07 Å². The van der Waals surface area contributed by atoms with Crippen LogP contribution in [-0.4, -0.2) is 45.1 Å². The van der Waals surface area contributed by atoms with Crippen LogP contribution in [0.3, 0.4) is 0 Å². The normalized spacial score (nSPS) is 18.4. The number of sulfonamides is 1. The van der Waals surface area contributed by atoms with Gasteiger partial charge < -0.3 is 15.0 Å². The van der Waals surface area contributed by atoms with Crippen LogP contribution in [0, 0.1) is 0 Å². The van der Waals surface area contributed by atoms with Crippen LogP contribution in [0.15, 0.2) is 16.3 Å². The second kappa shape index (κ2) is 7.40. The lowest BCUT2D eigenvalue weighted by molar-refractivity contribution is 0.0826. The summed E-state index contributed by atoms with van der Waals surface area (Å²) in [5, 5.41) is 7.86. The zero-order valence-corrected chi connectivity index (χ0v) is 14.1. The van der Waals surface area contributed by atoms with Crippen molar-refractivity contribution in [2.75, 3.05) is 19.7 Å². The number of urea groups is 1. The minimum Gasteiger partial charge on any atom is -0.376 e. The van der Waals surface area contributed by atoms with Crippen LogP contribution in [0.2, 0.25) is 0 Å². The molecule has 7 nitrogen and oxygen atoms in total. The average molecular weight is 347 g/mol. The van der Waals surface area contributed by atoms with E-state index in [0.29, 0.717) is 13.1 Å². The first kappa shape index (κ1) is 17.2. The van der Waals surface area contributed by atoms with Crippen molar-refractivity contribution in [3.8, 4) is 0 Å². The van der Waals surface area contributed by atoms with E-state index in [9.17, 15) is 13.2 Å². The van der Waals surface area contributed by atoms with E-state index in [1.807, 2.05) is 6.92 Å². The van der Waals surface area contributed by atoms with E-state index in [4.69, 9.17) is 9.88 Å². The van der Waals surface area contributed by atoms with Gasteiger partial charge >= 0.3 is 6.03 Å². The number of ether oxygens (including phenoxy) is 1. The van der Waals surface area contributed by atoms with Crippen molar-refractivity contribution in [2.24, 2.45) is 5.14 Å². The number of nitrogens with two attached hydrogens (primary N) is 1. The van der Waals surface area contributed by atoms with E-state index < -0.39 is 10.0 Å². The van der Waals surface area contributed by atoms with Gasteiger partial charge in [0.2, 0.25) is 10.0 Å². The van der Waals surface area contributed by atoms with E-state index in [1.54, 1.807) is 11.0 Å². The molecule has 9 heteroatoms. The fourth-order valence-electron chi connectivity index (χ4n) is 2.27. The Balaban J connectivity index is 1.86. The van der Waals surface area contributed by atoms with Crippen LogP contribution in [0.5, 0.6) is 0 Å². The van der Waals surface area contributed by atoms with Crippen LogP contribution >= 0.6 is 11.3 Å². The summed E-state index contributed by atoms with van der Waals surface area (Å²) in [5.74, 6) is 0. The van der Waals surface area contributed by atoms with Crippen LogP contribution in [-0.2, 0) is 21.3 Å². The smallest absolute Gasteiger partial charge is 0.317 e. The van der Waals surface area contributed by atoms with Crippen LogP contribution < -0.4 is 10.5 Å². The first-order valence-corrected chi connectivity index (χ1v) is 9.52. The van der Waals surface area contributed by atoms with Crippen LogP contribution in [0.25, 0.3) is 0 Å². The summed E-state index contributed by atoms with van der Waals surface area (Å²) >= 11 is 1.06. The summed E-state index contributed by atoms with van der Waals surface area (Å²) in [4.78, 5) is 14.6. The molecule has 22 heavy (non-hydrogen) atoms. The van der Waals surface area contributed by atoms with Crippen molar-refractivity contribution in [3.05, 3.63) is 17.0 Å². The molecule has 1 atom stereocenters. The van der Waals surface area contributed by atoms with Crippen molar-refractivity contribution < 1.29 is 17.9 Å². The Hall–Kier alpha value is -1.16. The summed E-state index contributed by atoms with van der Waals surface area (Å²) < 4.78 is 28.1. The summed E-state index contributed by atoms with van der Waals surface area (Å²) in [6.45, 7) is 4.13. The molecule has 2 rings (SSSR count). The summed E-state index contributed by atoms with van der Waals surface area (Å²) in [6.07, 6.45) is 2.13. The van der Waals surface area contributed by atoms with Gasteiger partial charge in [-0.15, -0.1) is 11.3 Å². The molecule has 3 N–H and O–H groups in total. The SMILES string of the molecule is CCN(C[C@H]1CCCO1)C(=O)NCc1ccc(S(N)(=O)=O)s1. The lowest BCUT2D eigenvalue weighted by atomic mass is 10.2. The standard InChI is InChI=1S/C13H21N3O4S2/c1-2-16(9-10-4-3-7-20-10)13(17)15-8-11-5-6-12(21-11)22(14,18)19/h5-6,10H,2-4,7-9H2,1H3,(H,15,17)(H2,14,18,19)/t10-/m1/s1. The topological polar surface area (TPSA) is 102 Å². The molecule has 0 aromatic carbocycles. The van der Waals surface area contributed by atoms with Gasteiger partial charge in [0.25, 0.3) is 0 Å². The minimum atomic E-state index is -3.68. The molecule has 1 aromatic heterocycles. The molecule has 0 radical (unpaired) electrons. The molecular weight excluding hydrogens is 326 g/mol. The van der Waals surface area contributed by atoms with Crippen molar-refractivity contribution >= 4 is 27.4 Å². The molecule has 0 spiro atoms.